The van der Waals surface area contributed by atoms with Gasteiger partial charge in [0.15, 0.2) is 9.84 Å². The summed E-state index contributed by atoms with van der Waals surface area (Å²) in [5.74, 6) is -1.28. The third-order valence-electron chi connectivity index (χ3n) is 4.84. The van der Waals surface area contributed by atoms with Crippen molar-refractivity contribution in [3.05, 3.63) is 71.0 Å². The van der Waals surface area contributed by atoms with Crippen LogP contribution in [0.5, 0.6) is 0 Å². The number of halogens is 1. The van der Waals surface area contributed by atoms with Gasteiger partial charge in [-0.2, -0.15) is 0 Å². The van der Waals surface area contributed by atoms with Gasteiger partial charge in [-0.1, -0.05) is 24.3 Å². The van der Waals surface area contributed by atoms with Gasteiger partial charge in [0.25, 0.3) is 11.8 Å². The molecule has 29 heavy (non-hydrogen) atoms. The first-order valence-electron chi connectivity index (χ1n) is 9.34. The molecule has 0 saturated carbocycles. The van der Waals surface area contributed by atoms with E-state index in [1.54, 1.807) is 41.3 Å². The normalized spacial score (nSPS) is 15.2. The van der Waals surface area contributed by atoms with Crippen LogP contribution in [-0.2, 0) is 15.6 Å². The van der Waals surface area contributed by atoms with E-state index in [1.807, 2.05) is 0 Å². The highest BCUT2D eigenvalue weighted by molar-refractivity contribution is 7.89. The molecule has 8 heteroatoms. The van der Waals surface area contributed by atoms with Crippen LogP contribution in [0.25, 0.3) is 0 Å². The fraction of sp³-hybridized carbons (Fsp3) is 0.333. The zero-order chi connectivity index (χ0) is 21.0. The molecule has 1 aliphatic rings. The molecule has 6 nitrogen and oxygen atoms in total. The molecule has 3 rings (SSSR count). The molecule has 0 unspecified atom stereocenters. The van der Waals surface area contributed by atoms with E-state index in [-0.39, 0.29) is 29.2 Å². The van der Waals surface area contributed by atoms with E-state index in [2.05, 4.69) is 5.32 Å². The molecule has 0 atom stereocenters. The molecular weight excluding hydrogens is 395 g/mol. The minimum Gasteiger partial charge on any atom is -0.349 e. The Morgan fingerprint density at radius 2 is 1.79 bits per heavy atom. The number of likely N-dealkylation sites (tertiary alicyclic amines) is 1. The lowest BCUT2D eigenvalue weighted by atomic mass is 10.0. The lowest BCUT2D eigenvalue weighted by Gasteiger charge is -2.32. The lowest BCUT2D eigenvalue weighted by molar-refractivity contribution is 0.0693. The molecule has 0 aromatic heterocycles. The number of piperidine rings is 1. The van der Waals surface area contributed by atoms with E-state index in [1.165, 1.54) is 12.1 Å². The van der Waals surface area contributed by atoms with Crippen LogP contribution in [0, 0.1) is 5.82 Å². The molecular formula is C21H23FN2O4S. The van der Waals surface area contributed by atoms with Gasteiger partial charge in [-0.15, -0.1) is 0 Å². The first-order valence-corrected chi connectivity index (χ1v) is 11.4. The molecule has 2 aromatic rings. The molecule has 0 aliphatic carbocycles. The molecule has 1 aliphatic heterocycles. The van der Waals surface area contributed by atoms with Gasteiger partial charge in [0.05, 0.1) is 11.3 Å². The average Bonchev–Trinajstić information content (AvgIpc) is 2.67. The van der Waals surface area contributed by atoms with Gasteiger partial charge in [0.1, 0.15) is 5.82 Å². The molecule has 1 N–H and O–H groups in total. The second-order valence-corrected chi connectivity index (χ2v) is 9.43. The predicted molar refractivity (Wildman–Crippen MR) is 108 cm³/mol. The van der Waals surface area contributed by atoms with Crippen LogP contribution in [0.2, 0.25) is 0 Å². The monoisotopic (exact) mass is 418 g/mol. The maximum absolute atomic E-state index is 13.8. The molecule has 1 fully saturated rings. The third kappa shape index (κ3) is 5.63. The number of sulfone groups is 1. The molecule has 0 bridgehead atoms. The van der Waals surface area contributed by atoms with Gasteiger partial charge >= 0.3 is 0 Å². The maximum atomic E-state index is 13.8. The fourth-order valence-corrected chi connectivity index (χ4v) is 4.19. The number of rotatable bonds is 5. The van der Waals surface area contributed by atoms with E-state index in [4.69, 9.17) is 0 Å². The van der Waals surface area contributed by atoms with Gasteiger partial charge in [0.2, 0.25) is 0 Å². The number of carbonyl (C=O) groups excluding carboxylic acids is 2. The van der Waals surface area contributed by atoms with Crippen molar-refractivity contribution < 1.29 is 22.4 Å². The van der Waals surface area contributed by atoms with Crippen molar-refractivity contribution in [2.45, 2.75) is 24.6 Å². The summed E-state index contributed by atoms with van der Waals surface area (Å²) < 4.78 is 36.7. The molecule has 154 valence electrons. The Morgan fingerprint density at radius 1 is 1.10 bits per heavy atom. The molecule has 0 radical (unpaired) electrons. The van der Waals surface area contributed by atoms with Crippen LogP contribution in [0.4, 0.5) is 4.39 Å². The van der Waals surface area contributed by atoms with Gasteiger partial charge in [-0.05, 0) is 42.7 Å². The fourth-order valence-electron chi connectivity index (χ4n) is 3.41. The smallest absolute Gasteiger partial charge is 0.256 e. The summed E-state index contributed by atoms with van der Waals surface area (Å²) in [6, 6.07) is 12.3. The van der Waals surface area contributed by atoms with Crippen LogP contribution in [-0.4, -0.2) is 50.5 Å². The van der Waals surface area contributed by atoms with Gasteiger partial charge in [0, 0.05) is 31.0 Å². The minimum atomic E-state index is -3.18. The lowest BCUT2D eigenvalue weighted by Crippen LogP contribution is -2.46. The summed E-state index contributed by atoms with van der Waals surface area (Å²) in [6.07, 6.45) is 2.28. The quantitative estimate of drug-likeness (QED) is 0.808. The van der Waals surface area contributed by atoms with Crippen molar-refractivity contribution in [1.29, 1.82) is 0 Å². The molecule has 0 spiro atoms. The number of nitrogens with one attached hydrogen (secondary N) is 1. The van der Waals surface area contributed by atoms with Crippen molar-refractivity contribution in [3.8, 4) is 0 Å². The summed E-state index contributed by atoms with van der Waals surface area (Å²) in [4.78, 5) is 26.6. The van der Waals surface area contributed by atoms with Crippen LogP contribution in [0.1, 0.15) is 39.1 Å². The number of benzene rings is 2. The number of amides is 2. The Kier molecular flexibility index (Phi) is 6.32. The van der Waals surface area contributed by atoms with Gasteiger partial charge in [-0.25, -0.2) is 12.8 Å². The highest BCUT2D eigenvalue weighted by Crippen LogP contribution is 2.17. The first kappa shape index (κ1) is 21.0. The molecule has 1 saturated heterocycles. The Bertz CT molecular complexity index is 1010. The minimum absolute atomic E-state index is 0.0534. The van der Waals surface area contributed by atoms with Gasteiger partial charge in [-0.3, -0.25) is 9.59 Å². The van der Waals surface area contributed by atoms with E-state index in [0.29, 0.717) is 37.1 Å². The Labute approximate surface area is 169 Å². The zero-order valence-corrected chi connectivity index (χ0v) is 16.9. The SMILES string of the molecule is CS(=O)(=O)Cc1cccc(C(=O)NC2CCN(C(=O)c3ccccc3F)CC2)c1. The standard InChI is InChI=1S/C21H23FN2O4S/c1-29(27,28)14-15-5-4-6-16(13-15)20(25)23-17-9-11-24(12-10-17)21(26)18-7-2-3-8-19(18)22/h2-8,13,17H,9-12,14H2,1H3,(H,23,25). The third-order valence-corrected chi connectivity index (χ3v) is 5.70. The van der Waals surface area contributed by atoms with Crippen molar-refractivity contribution in [3.63, 3.8) is 0 Å². The summed E-state index contributed by atoms with van der Waals surface area (Å²) in [5, 5.41) is 2.94. The Hall–Kier alpha value is -2.74. The Morgan fingerprint density at radius 3 is 2.45 bits per heavy atom. The van der Waals surface area contributed by atoms with Crippen molar-refractivity contribution in [2.24, 2.45) is 0 Å². The first-order chi connectivity index (χ1) is 13.7. The van der Waals surface area contributed by atoms with Crippen LogP contribution >= 0.6 is 0 Å². The molecule has 1 heterocycles. The van der Waals surface area contributed by atoms with Gasteiger partial charge < -0.3 is 10.2 Å². The number of hydrogen-bond acceptors (Lipinski definition) is 4. The predicted octanol–water partition coefficient (Wildman–Crippen LogP) is 2.40. The van der Waals surface area contributed by atoms with Crippen LogP contribution < -0.4 is 5.32 Å². The summed E-state index contributed by atoms with van der Waals surface area (Å²) >= 11 is 0. The highest BCUT2D eigenvalue weighted by atomic mass is 32.2. The van der Waals surface area contributed by atoms with E-state index >= 15 is 0 Å². The second kappa shape index (κ2) is 8.73. The Balaban J connectivity index is 1.57. The van der Waals surface area contributed by atoms with Crippen LogP contribution in [0.3, 0.4) is 0 Å². The molecule has 2 amide bonds. The van der Waals surface area contributed by atoms with E-state index in [9.17, 15) is 22.4 Å². The number of carbonyl (C=O) groups is 2. The maximum Gasteiger partial charge on any atom is 0.256 e. The van der Waals surface area contributed by atoms with Crippen molar-refractivity contribution in [1.82, 2.24) is 10.2 Å². The van der Waals surface area contributed by atoms with Crippen molar-refractivity contribution in [2.75, 3.05) is 19.3 Å². The largest absolute Gasteiger partial charge is 0.349 e. The van der Waals surface area contributed by atoms with E-state index in [0.717, 1.165) is 6.26 Å². The summed E-state index contributed by atoms with van der Waals surface area (Å²) in [5.41, 5.74) is 1.01. The topological polar surface area (TPSA) is 83.6 Å². The summed E-state index contributed by atoms with van der Waals surface area (Å²) in [7, 11) is -3.18. The molecule has 2 aromatic carbocycles. The highest BCUT2D eigenvalue weighted by Gasteiger charge is 2.26. The van der Waals surface area contributed by atoms with E-state index < -0.39 is 15.7 Å². The zero-order valence-electron chi connectivity index (χ0n) is 16.1. The van der Waals surface area contributed by atoms with Crippen molar-refractivity contribution >= 4 is 21.7 Å². The summed E-state index contributed by atoms with van der Waals surface area (Å²) in [6.45, 7) is 0.846. The number of hydrogen-bond donors (Lipinski definition) is 1. The second-order valence-electron chi connectivity index (χ2n) is 7.29. The average molecular weight is 418 g/mol. The van der Waals surface area contributed by atoms with Crippen LogP contribution in [0.15, 0.2) is 48.5 Å². The number of nitrogens with zero attached hydrogens (tertiary/aromatic N) is 1.